The van der Waals surface area contributed by atoms with Gasteiger partial charge >= 0.3 is 5.97 Å². The Balaban J connectivity index is 0.000000150. The average molecular weight is 498 g/mol. The molecule has 4 aromatic carbocycles. The molecular formula is C25H27N3O6S. The number of aliphatic carboxylic acids is 1. The standard InChI is InChI=1S/C10H9NO.C10H8O3S.C5H10N2O2/c11-8-5-4-7-2-1-3-10(12)9(7)6-8;11-14(12,13)10-6-5-8-3-1-2-4-9(8)7-10;6-7-3-1-2-4(7)5(8)9/h1-6,12H,11H2;1-7H,(H,11,12,13);4H,1-3,6H2,(H,8,9)/t;;4-/m..0/s1. The molecule has 1 saturated heterocycles. The van der Waals surface area contributed by atoms with Crippen LogP contribution >= 0.6 is 0 Å². The number of carboxylic acid groups (broad SMARTS) is 1. The van der Waals surface area contributed by atoms with Crippen LogP contribution in [-0.2, 0) is 14.9 Å². The predicted molar refractivity (Wildman–Crippen MR) is 135 cm³/mol. The predicted octanol–water partition coefficient (Wildman–Crippen LogP) is 3.62. The highest BCUT2D eigenvalue weighted by atomic mass is 32.2. The van der Waals surface area contributed by atoms with Gasteiger partial charge in [0.2, 0.25) is 0 Å². The van der Waals surface area contributed by atoms with E-state index >= 15 is 0 Å². The van der Waals surface area contributed by atoms with Gasteiger partial charge in [0.25, 0.3) is 10.1 Å². The number of hydrogen-bond acceptors (Lipinski definition) is 7. The molecule has 9 nitrogen and oxygen atoms in total. The van der Waals surface area contributed by atoms with Crippen LogP contribution in [0.5, 0.6) is 5.75 Å². The van der Waals surface area contributed by atoms with Crippen molar-refractivity contribution in [1.82, 2.24) is 5.01 Å². The number of carboxylic acids is 1. The minimum absolute atomic E-state index is 0.0730. The van der Waals surface area contributed by atoms with E-state index < -0.39 is 22.1 Å². The lowest BCUT2D eigenvalue weighted by Gasteiger charge is -2.12. The molecule has 0 amide bonds. The van der Waals surface area contributed by atoms with Crippen molar-refractivity contribution in [1.29, 1.82) is 0 Å². The zero-order valence-corrected chi connectivity index (χ0v) is 19.6. The number of nitrogens with zero attached hydrogens (tertiary/aromatic N) is 1. The molecule has 1 aliphatic heterocycles. The Labute approximate surface area is 202 Å². The Hall–Kier alpha value is -3.70. The Morgan fingerprint density at radius 2 is 1.57 bits per heavy atom. The van der Waals surface area contributed by atoms with Crippen molar-refractivity contribution < 1.29 is 28.0 Å². The fraction of sp³-hybridized carbons (Fsp3) is 0.160. The molecule has 0 saturated carbocycles. The van der Waals surface area contributed by atoms with E-state index in [-0.39, 0.29) is 10.6 Å². The second-order valence-electron chi connectivity index (χ2n) is 7.98. The molecule has 35 heavy (non-hydrogen) atoms. The number of anilines is 1. The molecule has 0 aliphatic carbocycles. The van der Waals surface area contributed by atoms with Crippen LogP contribution in [0.3, 0.4) is 0 Å². The molecule has 1 aliphatic rings. The van der Waals surface area contributed by atoms with Crippen LogP contribution in [0.2, 0.25) is 0 Å². The summed E-state index contributed by atoms with van der Waals surface area (Å²) in [6.07, 6.45) is 1.58. The van der Waals surface area contributed by atoms with Crippen LogP contribution in [0.4, 0.5) is 5.69 Å². The maximum Gasteiger partial charge on any atom is 0.322 e. The highest BCUT2D eigenvalue weighted by Gasteiger charge is 2.27. The number of rotatable bonds is 2. The molecule has 0 unspecified atom stereocenters. The van der Waals surface area contributed by atoms with E-state index in [2.05, 4.69) is 0 Å². The van der Waals surface area contributed by atoms with Crippen LogP contribution in [0, 0.1) is 0 Å². The summed E-state index contributed by atoms with van der Waals surface area (Å²) in [6.45, 7) is 0.705. The highest BCUT2D eigenvalue weighted by molar-refractivity contribution is 7.85. The number of fused-ring (bicyclic) bond motifs is 2. The summed E-state index contributed by atoms with van der Waals surface area (Å²) in [5.74, 6) is 4.80. The maximum absolute atomic E-state index is 10.8. The molecule has 184 valence electrons. The van der Waals surface area contributed by atoms with Gasteiger partial charge in [0, 0.05) is 17.6 Å². The van der Waals surface area contributed by atoms with Crippen LogP contribution in [0.1, 0.15) is 12.8 Å². The second kappa shape index (κ2) is 11.2. The number of carbonyl (C=O) groups is 1. The number of aromatic hydroxyl groups is 1. The maximum atomic E-state index is 10.8. The minimum atomic E-state index is -4.09. The molecule has 1 atom stereocenters. The first-order chi connectivity index (χ1) is 16.6. The summed E-state index contributed by atoms with van der Waals surface area (Å²) in [5, 5.41) is 22.8. The number of nitrogens with two attached hydrogens (primary N) is 2. The van der Waals surface area contributed by atoms with Crippen molar-refractivity contribution in [3.05, 3.63) is 78.9 Å². The summed E-state index contributed by atoms with van der Waals surface area (Å²) < 4.78 is 30.5. The van der Waals surface area contributed by atoms with Crippen molar-refractivity contribution in [3.8, 4) is 5.75 Å². The molecule has 7 N–H and O–H groups in total. The third-order valence-corrected chi connectivity index (χ3v) is 6.33. The van der Waals surface area contributed by atoms with Crippen LogP contribution in [0.15, 0.2) is 83.8 Å². The number of nitrogen functional groups attached to an aromatic ring is 1. The van der Waals surface area contributed by atoms with Gasteiger partial charge in [0.15, 0.2) is 0 Å². The second-order valence-corrected chi connectivity index (χ2v) is 9.40. The number of hydrogen-bond donors (Lipinski definition) is 5. The lowest BCUT2D eigenvalue weighted by atomic mass is 10.1. The van der Waals surface area contributed by atoms with Gasteiger partial charge in [-0.3, -0.25) is 15.2 Å². The van der Waals surface area contributed by atoms with Gasteiger partial charge in [-0.25, -0.2) is 5.01 Å². The summed E-state index contributed by atoms with van der Waals surface area (Å²) in [6, 6.07) is 22.3. The lowest BCUT2D eigenvalue weighted by Crippen LogP contribution is -2.40. The number of phenolic OH excluding ortho intramolecular Hbond substituents is 1. The van der Waals surface area contributed by atoms with Crippen molar-refractivity contribution in [3.63, 3.8) is 0 Å². The number of phenols is 1. The van der Waals surface area contributed by atoms with E-state index in [1.165, 1.54) is 17.1 Å². The summed E-state index contributed by atoms with van der Waals surface area (Å²) in [5.41, 5.74) is 6.25. The van der Waals surface area contributed by atoms with Crippen LogP contribution < -0.4 is 11.6 Å². The molecule has 1 fully saturated rings. The Morgan fingerprint density at radius 3 is 2.17 bits per heavy atom. The Morgan fingerprint density at radius 1 is 0.914 bits per heavy atom. The lowest BCUT2D eigenvalue weighted by molar-refractivity contribution is -0.142. The van der Waals surface area contributed by atoms with Crippen molar-refractivity contribution in [2.45, 2.75) is 23.8 Å². The van der Waals surface area contributed by atoms with Crippen LogP contribution in [-0.4, -0.2) is 46.7 Å². The van der Waals surface area contributed by atoms with Gasteiger partial charge in [0.1, 0.15) is 11.8 Å². The Bertz CT molecular complexity index is 1440. The summed E-state index contributed by atoms with van der Waals surface area (Å²) >= 11 is 0. The highest BCUT2D eigenvalue weighted by Crippen LogP contribution is 2.25. The number of benzene rings is 4. The molecule has 0 aromatic heterocycles. The molecule has 10 heteroatoms. The first-order valence-electron chi connectivity index (χ1n) is 10.7. The van der Waals surface area contributed by atoms with E-state index in [4.69, 9.17) is 21.2 Å². The van der Waals surface area contributed by atoms with E-state index in [9.17, 15) is 18.3 Å². The smallest absolute Gasteiger partial charge is 0.322 e. The monoisotopic (exact) mass is 497 g/mol. The molecule has 5 rings (SSSR count). The third kappa shape index (κ3) is 6.90. The van der Waals surface area contributed by atoms with Gasteiger partial charge in [-0.1, -0.05) is 48.5 Å². The van der Waals surface area contributed by atoms with Crippen molar-refractivity contribution in [2.24, 2.45) is 5.84 Å². The van der Waals surface area contributed by atoms with Gasteiger partial charge in [-0.15, -0.1) is 0 Å². The van der Waals surface area contributed by atoms with E-state index in [1.807, 2.05) is 42.5 Å². The van der Waals surface area contributed by atoms with Gasteiger partial charge < -0.3 is 15.9 Å². The first kappa shape index (κ1) is 25.9. The van der Waals surface area contributed by atoms with Crippen molar-refractivity contribution >= 4 is 43.3 Å². The molecule has 1 heterocycles. The molecule has 0 bridgehead atoms. The van der Waals surface area contributed by atoms with E-state index in [1.54, 1.807) is 24.3 Å². The van der Waals surface area contributed by atoms with E-state index in [0.717, 1.165) is 28.0 Å². The first-order valence-corrected chi connectivity index (χ1v) is 12.2. The van der Waals surface area contributed by atoms with Crippen LogP contribution in [0.25, 0.3) is 21.5 Å². The quantitative estimate of drug-likeness (QED) is 0.158. The topological polar surface area (TPSA) is 167 Å². The fourth-order valence-electron chi connectivity index (χ4n) is 3.66. The van der Waals surface area contributed by atoms with Gasteiger partial charge in [-0.05, 0) is 59.3 Å². The summed E-state index contributed by atoms with van der Waals surface area (Å²) in [7, 11) is -4.09. The van der Waals surface area contributed by atoms with E-state index in [0.29, 0.717) is 18.7 Å². The zero-order valence-electron chi connectivity index (χ0n) is 18.8. The molecule has 4 aromatic rings. The molecular weight excluding hydrogens is 470 g/mol. The number of hydrazine groups is 1. The molecule has 0 radical (unpaired) electrons. The third-order valence-electron chi connectivity index (χ3n) is 5.48. The average Bonchev–Trinajstić information content (AvgIpc) is 3.26. The normalized spacial score (nSPS) is 15.7. The molecule has 0 spiro atoms. The Kier molecular flexibility index (Phi) is 8.26. The summed E-state index contributed by atoms with van der Waals surface area (Å²) in [4.78, 5) is 10.2. The van der Waals surface area contributed by atoms with Gasteiger partial charge in [-0.2, -0.15) is 8.42 Å². The fourth-order valence-corrected chi connectivity index (χ4v) is 4.17. The minimum Gasteiger partial charge on any atom is -0.507 e. The zero-order chi connectivity index (χ0) is 25.6. The van der Waals surface area contributed by atoms with Gasteiger partial charge in [0.05, 0.1) is 4.90 Å². The largest absolute Gasteiger partial charge is 0.507 e. The van der Waals surface area contributed by atoms with Crippen molar-refractivity contribution in [2.75, 3.05) is 12.3 Å². The SMILES string of the molecule is NN1CCC[C@H]1C(=O)O.Nc1ccc2cccc(O)c2c1.O=S(=O)(O)c1ccc2ccccc2c1.